The third-order valence-corrected chi connectivity index (χ3v) is 5.30. The Morgan fingerprint density at radius 3 is 2.48 bits per heavy atom. The maximum Gasteiger partial charge on any atom is 0.329 e. The quantitative estimate of drug-likeness (QED) is 0.442. The summed E-state index contributed by atoms with van der Waals surface area (Å²) in [5, 5.41) is 5.39. The molecule has 2 aromatic rings. The number of amides is 2. The number of nitrogens with one attached hydrogen (secondary N) is 2. The van der Waals surface area contributed by atoms with Gasteiger partial charge in [-0.2, -0.15) is 11.8 Å². The molecule has 0 fully saturated rings. The minimum Gasteiger partial charge on any atom is -0.454 e. The zero-order valence-electron chi connectivity index (χ0n) is 16.3. The molecule has 2 aromatic carbocycles. The molecule has 0 bridgehead atoms. The molecule has 0 aliphatic carbocycles. The molecule has 154 valence electrons. The molecule has 0 saturated carbocycles. The topological polar surface area (TPSA) is 84.5 Å². The summed E-state index contributed by atoms with van der Waals surface area (Å²) in [4.78, 5) is 37.9. The SMILES string of the molecule is CSCCC(NC(=O)c1ccccc1)C(=O)OCC(=O)Nc1cccc(SC)c1. The maximum atomic E-state index is 12.4. The molecule has 2 amide bonds. The monoisotopic (exact) mass is 432 g/mol. The molecule has 0 aliphatic rings. The van der Waals surface area contributed by atoms with Crippen LogP contribution in [0.1, 0.15) is 16.8 Å². The molecule has 0 aromatic heterocycles. The van der Waals surface area contributed by atoms with Crippen LogP contribution >= 0.6 is 23.5 Å². The third-order valence-electron chi connectivity index (χ3n) is 3.94. The Labute approximate surface area is 179 Å². The number of benzene rings is 2. The maximum absolute atomic E-state index is 12.4. The third kappa shape index (κ3) is 7.83. The summed E-state index contributed by atoms with van der Waals surface area (Å²) in [6, 6.07) is 15.2. The first-order valence-corrected chi connectivity index (χ1v) is 11.6. The Kier molecular flexibility index (Phi) is 9.59. The predicted molar refractivity (Wildman–Crippen MR) is 119 cm³/mol. The summed E-state index contributed by atoms with van der Waals surface area (Å²) in [6.07, 6.45) is 4.27. The first-order valence-electron chi connectivity index (χ1n) is 8.99. The van der Waals surface area contributed by atoms with Crippen LogP contribution in [0.2, 0.25) is 0 Å². The number of carbonyl (C=O) groups is 3. The van der Waals surface area contributed by atoms with E-state index in [1.807, 2.05) is 36.8 Å². The van der Waals surface area contributed by atoms with Crippen molar-refractivity contribution in [1.29, 1.82) is 0 Å². The van der Waals surface area contributed by atoms with E-state index in [4.69, 9.17) is 4.74 Å². The van der Waals surface area contributed by atoms with E-state index < -0.39 is 24.5 Å². The zero-order valence-corrected chi connectivity index (χ0v) is 18.0. The van der Waals surface area contributed by atoms with E-state index in [2.05, 4.69) is 10.6 Å². The van der Waals surface area contributed by atoms with Gasteiger partial charge < -0.3 is 15.4 Å². The van der Waals surface area contributed by atoms with Crippen LogP contribution in [0.25, 0.3) is 0 Å². The van der Waals surface area contributed by atoms with Gasteiger partial charge >= 0.3 is 5.97 Å². The minimum atomic E-state index is -0.817. The van der Waals surface area contributed by atoms with Crippen LogP contribution in [0.5, 0.6) is 0 Å². The average molecular weight is 433 g/mol. The summed E-state index contributed by atoms with van der Waals surface area (Å²) < 4.78 is 5.15. The van der Waals surface area contributed by atoms with Crippen molar-refractivity contribution in [1.82, 2.24) is 5.32 Å². The summed E-state index contributed by atoms with van der Waals surface area (Å²) in [5.41, 5.74) is 1.09. The number of rotatable bonds is 10. The second kappa shape index (κ2) is 12.2. The molecule has 29 heavy (non-hydrogen) atoms. The molecule has 2 rings (SSSR count). The van der Waals surface area contributed by atoms with Crippen LogP contribution in [0.4, 0.5) is 5.69 Å². The van der Waals surface area contributed by atoms with Crippen LogP contribution in [0.15, 0.2) is 59.5 Å². The van der Waals surface area contributed by atoms with Gasteiger partial charge in [0.1, 0.15) is 6.04 Å². The van der Waals surface area contributed by atoms with Crippen LogP contribution in [-0.2, 0) is 14.3 Å². The van der Waals surface area contributed by atoms with E-state index in [0.29, 0.717) is 23.4 Å². The van der Waals surface area contributed by atoms with Crippen LogP contribution < -0.4 is 10.6 Å². The van der Waals surface area contributed by atoms with Crippen molar-refractivity contribution in [2.75, 3.05) is 30.2 Å². The normalized spacial score (nSPS) is 11.4. The lowest BCUT2D eigenvalue weighted by Crippen LogP contribution is -2.43. The largest absolute Gasteiger partial charge is 0.454 e. The summed E-state index contributed by atoms with van der Waals surface area (Å²) in [7, 11) is 0. The first kappa shape index (κ1) is 22.8. The van der Waals surface area contributed by atoms with Crippen molar-refractivity contribution in [2.45, 2.75) is 17.4 Å². The molecule has 1 unspecified atom stereocenters. The van der Waals surface area contributed by atoms with Crippen molar-refractivity contribution in [2.24, 2.45) is 0 Å². The van der Waals surface area contributed by atoms with Crippen LogP contribution in [-0.4, -0.2) is 48.7 Å². The van der Waals surface area contributed by atoms with Gasteiger partial charge in [0, 0.05) is 16.1 Å². The molecule has 0 saturated heterocycles. The fraction of sp³-hybridized carbons (Fsp3) is 0.286. The number of ether oxygens (including phenoxy) is 1. The van der Waals surface area contributed by atoms with Gasteiger partial charge in [0.15, 0.2) is 6.61 Å². The van der Waals surface area contributed by atoms with Crippen molar-refractivity contribution in [3.63, 3.8) is 0 Å². The summed E-state index contributed by atoms with van der Waals surface area (Å²) in [6.45, 7) is -0.417. The molecule has 2 N–H and O–H groups in total. The van der Waals surface area contributed by atoms with Crippen LogP contribution in [0.3, 0.4) is 0 Å². The highest BCUT2D eigenvalue weighted by Crippen LogP contribution is 2.18. The number of hydrogen-bond acceptors (Lipinski definition) is 6. The standard InChI is InChI=1S/C21H24N2O4S2/c1-28-12-11-18(23-20(25)15-7-4-3-5-8-15)21(26)27-14-19(24)22-16-9-6-10-17(13-16)29-2/h3-10,13,18H,11-12,14H2,1-2H3,(H,22,24)(H,23,25). The smallest absolute Gasteiger partial charge is 0.329 e. The second-order valence-corrected chi connectivity index (χ2v) is 7.93. The molecule has 8 heteroatoms. The lowest BCUT2D eigenvalue weighted by atomic mass is 10.1. The highest BCUT2D eigenvalue weighted by Gasteiger charge is 2.23. The van der Waals surface area contributed by atoms with E-state index in [9.17, 15) is 14.4 Å². The number of thioether (sulfide) groups is 2. The number of esters is 1. The van der Waals surface area contributed by atoms with E-state index in [1.165, 1.54) is 0 Å². The van der Waals surface area contributed by atoms with E-state index in [0.717, 1.165) is 4.90 Å². The average Bonchev–Trinajstić information content (AvgIpc) is 2.75. The number of carbonyl (C=O) groups excluding carboxylic acids is 3. The Hall–Kier alpha value is -2.45. The van der Waals surface area contributed by atoms with Gasteiger partial charge in [-0.3, -0.25) is 9.59 Å². The van der Waals surface area contributed by atoms with Gasteiger partial charge in [-0.1, -0.05) is 24.3 Å². The Morgan fingerprint density at radius 1 is 1.03 bits per heavy atom. The lowest BCUT2D eigenvalue weighted by Gasteiger charge is -2.17. The van der Waals surface area contributed by atoms with Gasteiger partial charge in [-0.15, -0.1) is 11.8 Å². The van der Waals surface area contributed by atoms with E-state index in [-0.39, 0.29) is 5.91 Å². The van der Waals surface area contributed by atoms with Crippen LogP contribution in [0, 0.1) is 0 Å². The minimum absolute atomic E-state index is 0.355. The van der Waals surface area contributed by atoms with Gasteiger partial charge in [0.25, 0.3) is 11.8 Å². The summed E-state index contributed by atoms with van der Waals surface area (Å²) in [5.74, 6) is -0.749. The first-order chi connectivity index (χ1) is 14.0. The van der Waals surface area contributed by atoms with Crippen molar-refractivity contribution in [3.8, 4) is 0 Å². The van der Waals surface area contributed by atoms with E-state index >= 15 is 0 Å². The molecular formula is C21H24N2O4S2. The Morgan fingerprint density at radius 2 is 1.79 bits per heavy atom. The van der Waals surface area contributed by atoms with Gasteiger partial charge in [-0.25, -0.2) is 4.79 Å². The Balaban J connectivity index is 1.91. The summed E-state index contributed by atoms with van der Waals surface area (Å²) >= 11 is 3.12. The molecule has 0 heterocycles. The highest BCUT2D eigenvalue weighted by molar-refractivity contribution is 7.98. The molecule has 0 aliphatic heterocycles. The van der Waals surface area contributed by atoms with Gasteiger partial charge in [-0.05, 0) is 55.0 Å². The zero-order chi connectivity index (χ0) is 21.1. The highest BCUT2D eigenvalue weighted by atomic mass is 32.2. The molecule has 1 atom stereocenters. The number of hydrogen-bond donors (Lipinski definition) is 2. The van der Waals surface area contributed by atoms with E-state index in [1.54, 1.807) is 53.9 Å². The molecular weight excluding hydrogens is 408 g/mol. The lowest BCUT2D eigenvalue weighted by molar-refractivity contribution is -0.149. The Bertz CT molecular complexity index is 830. The molecule has 0 spiro atoms. The van der Waals surface area contributed by atoms with Gasteiger partial charge in [0.2, 0.25) is 0 Å². The van der Waals surface area contributed by atoms with Gasteiger partial charge in [0.05, 0.1) is 0 Å². The number of anilines is 1. The van der Waals surface area contributed by atoms with Crippen molar-refractivity contribution >= 4 is 47.0 Å². The van der Waals surface area contributed by atoms with Crippen molar-refractivity contribution < 1.29 is 19.1 Å². The molecule has 0 radical (unpaired) electrons. The fourth-order valence-electron chi connectivity index (χ4n) is 2.45. The molecule has 6 nitrogen and oxygen atoms in total. The predicted octanol–water partition coefficient (Wildman–Crippen LogP) is 3.44. The van der Waals surface area contributed by atoms with Crippen molar-refractivity contribution in [3.05, 3.63) is 60.2 Å². The fourth-order valence-corrected chi connectivity index (χ4v) is 3.38. The second-order valence-electron chi connectivity index (χ2n) is 6.06.